The summed E-state index contributed by atoms with van der Waals surface area (Å²) in [5.74, 6) is 1.46. The van der Waals surface area contributed by atoms with Crippen LogP contribution in [0.3, 0.4) is 0 Å². The van der Waals surface area contributed by atoms with Crippen LogP contribution in [0, 0.1) is 0 Å². The first kappa shape index (κ1) is 16.6. The number of alkyl carbamates (subject to hydrolysis) is 1. The monoisotopic (exact) mass is 333 g/mol. The summed E-state index contributed by atoms with van der Waals surface area (Å²) in [4.78, 5) is 24.0. The van der Waals surface area contributed by atoms with Gasteiger partial charge in [-0.2, -0.15) is 0 Å². The summed E-state index contributed by atoms with van der Waals surface area (Å²) in [6, 6.07) is 5.43. The molecule has 2 atom stereocenters. The molecule has 1 heterocycles. The molecule has 1 unspecified atom stereocenters. The Kier molecular flexibility index (Phi) is 4.39. The standard InChI is InChI=1S/C18H23NO5/c1-18(2,3)24-17(21)19-14-10-12(20)9-13(14)11-4-5-15-16(8-11)23-7-6-22-15/h4-5,8,13-14H,6-7,9-10H2,1-3H3,(H,19,21)/t13?,14-/m0/s1. The third-order valence-electron chi connectivity index (χ3n) is 4.08. The lowest BCUT2D eigenvalue weighted by molar-refractivity contribution is -0.117. The number of rotatable bonds is 2. The van der Waals surface area contributed by atoms with Crippen molar-refractivity contribution in [3.63, 3.8) is 0 Å². The zero-order valence-corrected chi connectivity index (χ0v) is 14.3. The Morgan fingerprint density at radius 3 is 2.58 bits per heavy atom. The third kappa shape index (κ3) is 3.80. The Bertz CT molecular complexity index is 649. The minimum atomic E-state index is -0.570. The van der Waals surface area contributed by atoms with Crippen LogP contribution in [0.5, 0.6) is 11.5 Å². The number of hydrogen-bond acceptors (Lipinski definition) is 5. The van der Waals surface area contributed by atoms with Crippen molar-refractivity contribution in [3.8, 4) is 11.5 Å². The van der Waals surface area contributed by atoms with Crippen LogP contribution in [0.25, 0.3) is 0 Å². The molecule has 1 saturated carbocycles. The van der Waals surface area contributed by atoms with Crippen LogP contribution in [0.1, 0.15) is 45.1 Å². The lowest BCUT2D eigenvalue weighted by Gasteiger charge is -2.25. The molecule has 1 aromatic rings. The van der Waals surface area contributed by atoms with Crippen LogP contribution in [-0.4, -0.2) is 36.7 Å². The van der Waals surface area contributed by atoms with E-state index in [0.717, 1.165) is 5.56 Å². The van der Waals surface area contributed by atoms with E-state index >= 15 is 0 Å². The second kappa shape index (κ2) is 6.34. The van der Waals surface area contributed by atoms with Gasteiger partial charge in [-0.05, 0) is 38.5 Å². The largest absolute Gasteiger partial charge is 0.486 e. The fraction of sp³-hybridized carbons (Fsp3) is 0.556. The van der Waals surface area contributed by atoms with Crippen molar-refractivity contribution in [2.75, 3.05) is 13.2 Å². The number of hydrogen-bond donors (Lipinski definition) is 1. The van der Waals surface area contributed by atoms with Gasteiger partial charge >= 0.3 is 6.09 Å². The molecule has 0 spiro atoms. The van der Waals surface area contributed by atoms with Crippen molar-refractivity contribution < 1.29 is 23.8 Å². The molecule has 1 aliphatic heterocycles. The number of fused-ring (bicyclic) bond motifs is 1. The van der Waals surface area contributed by atoms with E-state index < -0.39 is 11.7 Å². The summed E-state index contributed by atoms with van der Waals surface area (Å²) in [7, 11) is 0. The number of carbonyl (C=O) groups is 2. The van der Waals surface area contributed by atoms with Crippen molar-refractivity contribution >= 4 is 11.9 Å². The van der Waals surface area contributed by atoms with Crippen LogP contribution in [0.4, 0.5) is 4.79 Å². The van der Waals surface area contributed by atoms with Gasteiger partial charge < -0.3 is 19.5 Å². The Morgan fingerprint density at radius 2 is 1.88 bits per heavy atom. The topological polar surface area (TPSA) is 73.9 Å². The summed E-state index contributed by atoms with van der Waals surface area (Å²) in [5.41, 5.74) is 0.394. The Balaban J connectivity index is 1.75. The zero-order valence-electron chi connectivity index (χ0n) is 14.3. The number of nitrogens with one attached hydrogen (secondary N) is 1. The van der Waals surface area contributed by atoms with Gasteiger partial charge in [-0.25, -0.2) is 4.79 Å². The summed E-state index contributed by atoms with van der Waals surface area (Å²) in [6.07, 6.45) is 0.225. The molecule has 0 radical (unpaired) electrons. The summed E-state index contributed by atoms with van der Waals surface area (Å²) < 4.78 is 16.4. The van der Waals surface area contributed by atoms with Gasteiger partial charge in [0.15, 0.2) is 11.5 Å². The predicted molar refractivity (Wildman–Crippen MR) is 87.6 cm³/mol. The molecule has 24 heavy (non-hydrogen) atoms. The van der Waals surface area contributed by atoms with Crippen molar-refractivity contribution in [2.45, 2.75) is 51.2 Å². The molecule has 1 amide bonds. The van der Waals surface area contributed by atoms with Gasteiger partial charge in [0.2, 0.25) is 0 Å². The predicted octanol–water partition coefficient (Wildman–Crippen LogP) is 2.80. The highest BCUT2D eigenvalue weighted by Crippen LogP contribution is 2.38. The van der Waals surface area contributed by atoms with E-state index in [1.807, 2.05) is 39.0 Å². The maximum atomic E-state index is 12.0. The summed E-state index contributed by atoms with van der Waals surface area (Å²) >= 11 is 0. The SMILES string of the molecule is CC(C)(C)OC(=O)N[C@H]1CC(=O)CC1c1ccc2c(c1)OCCO2. The molecular weight excluding hydrogens is 310 g/mol. The average molecular weight is 333 g/mol. The Labute approximate surface area is 141 Å². The van der Waals surface area contributed by atoms with Gasteiger partial charge in [-0.15, -0.1) is 0 Å². The highest BCUT2D eigenvalue weighted by molar-refractivity contribution is 5.84. The first-order chi connectivity index (χ1) is 11.3. The van der Waals surface area contributed by atoms with Crippen molar-refractivity contribution in [1.82, 2.24) is 5.32 Å². The summed E-state index contributed by atoms with van der Waals surface area (Å²) in [6.45, 7) is 6.48. The van der Waals surface area contributed by atoms with Crippen LogP contribution in [0.2, 0.25) is 0 Å². The molecule has 6 nitrogen and oxygen atoms in total. The molecule has 6 heteroatoms. The fourth-order valence-electron chi connectivity index (χ4n) is 3.11. The molecule has 2 aliphatic rings. The molecule has 0 bridgehead atoms. The second-order valence-electron chi connectivity index (χ2n) is 7.21. The number of ether oxygens (including phenoxy) is 3. The van der Waals surface area contributed by atoms with E-state index in [9.17, 15) is 9.59 Å². The van der Waals surface area contributed by atoms with E-state index in [4.69, 9.17) is 14.2 Å². The van der Waals surface area contributed by atoms with E-state index in [0.29, 0.717) is 37.6 Å². The normalized spacial score (nSPS) is 23.0. The molecule has 1 N–H and O–H groups in total. The lowest BCUT2D eigenvalue weighted by atomic mass is 9.93. The fourth-order valence-corrected chi connectivity index (χ4v) is 3.11. The molecule has 130 valence electrons. The molecule has 0 aromatic heterocycles. The maximum Gasteiger partial charge on any atom is 0.407 e. The smallest absolute Gasteiger partial charge is 0.407 e. The number of Topliss-reactive ketones (excluding diaryl/α,β-unsaturated/α-hetero) is 1. The quantitative estimate of drug-likeness (QED) is 0.901. The molecule has 1 aliphatic carbocycles. The minimum absolute atomic E-state index is 0.0826. The number of carbonyl (C=O) groups excluding carboxylic acids is 2. The van der Waals surface area contributed by atoms with E-state index in [-0.39, 0.29) is 17.7 Å². The number of amides is 1. The summed E-state index contributed by atoms with van der Waals surface area (Å²) in [5, 5.41) is 2.84. The molecule has 1 aromatic carbocycles. The van der Waals surface area contributed by atoms with E-state index in [1.165, 1.54) is 0 Å². The van der Waals surface area contributed by atoms with Crippen molar-refractivity contribution in [1.29, 1.82) is 0 Å². The molecular formula is C18H23NO5. The van der Waals surface area contributed by atoms with Crippen LogP contribution < -0.4 is 14.8 Å². The Morgan fingerprint density at radius 1 is 1.17 bits per heavy atom. The van der Waals surface area contributed by atoms with E-state index in [2.05, 4.69) is 5.32 Å². The Hall–Kier alpha value is -2.24. The van der Waals surface area contributed by atoms with Gasteiger partial charge in [0, 0.05) is 24.8 Å². The lowest BCUT2D eigenvalue weighted by Crippen LogP contribution is -2.40. The van der Waals surface area contributed by atoms with E-state index in [1.54, 1.807) is 0 Å². The number of ketones is 1. The maximum absolute atomic E-state index is 12.0. The van der Waals surface area contributed by atoms with Crippen molar-refractivity contribution in [2.24, 2.45) is 0 Å². The third-order valence-corrected chi connectivity index (χ3v) is 4.08. The van der Waals surface area contributed by atoms with Gasteiger partial charge in [0.25, 0.3) is 0 Å². The molecule has 1 fully saturated rings. The van der Waals surface area contributed by atoms with Gasteiger partial charge in [0.05, 0.1) is 0 Å². The van der Waals surface area contributed by atoms with Gasteiger partial charge in [-0.1, -0.05) is 6.07 Å². The van der Waals surface area contributed by atoms with Gasteiger partial charge in [0.1, 0.15) is 24.6 Å². The second-order valence-corrected chi connectivity index (χ2v) is 7.21. The van der Waals surface area contributed by atoms with Crippen LogP contribution in [-0.2, 0) is 9.53 Å². The zero-order chi connectivity index (χ0) is 17.3. The molecule has 0 saturated heterocycles. The first-order valence-electron chi connectivity index (χ1n) is 8.22. The van der Waals surface area contributed by atoms with Crippen LogP contribution in [0.15, 0.2) is 18.2 Å². The van der Waals surface area contributed by atoms with Crippen LogP contribution >= 0.6 is 0 Å². The number of benzene rings is 1. The molecule has 3 rings (SSSR count). The first-order valence-corrected chi connectivity index (χ1v) is 8.22. The highest BCUT2D eigenvalue weighted by atomic mass is 16.6. The average Bonchev–Trinajstić information content (AvgIpc) is 2.85. The minimum Gasteiger partial charge on any atom is -0.486 e. The van der Waals surface area contributed by atoms with Gasteiger partial charge in [-0.3, -0.25) is 4.79 Å². The highest BCUT2D eigenvalue weighted by Gasteiger charge is 2.36. The van der Waals surface area contributed by atoms with Crippen molar-refractivity contribution in [3.05, 3.63) is 23.8 Å².